The fraction of sp³-hybridized carbons (Fsp3) is 0.143. The molecular formula is C7H5F3OS. The molecule has 0 spiro atoms. The molecule has 0 heterocycles. The zero-order valence-corrected chi connectivity index (χ0v) is 6.65. The van der Waals surface area contributed by atoms with E-state index in [1.165, 1.54) is 12.1 Å². The first-order chi connectivity index (χ1) is 5.61. The maximum atomic E-state index is 12.4. The predicted molar refractivity (Wildman–Crippen MR) is 38.8 cm³/mol. The first-order valence-corrected chi connectivity index (χ1v) is 4.27. The van der Waals surface area contributed by atoms with Crippen LogP contribution in [-0.4, -0.2) is 9.97 Å². The summed E-state index contributed by atoms with van der Waals surface area (Å²) in [4.78, 5) is -0.190. The van der Waals surface area contributed by atoms with Crippen LogP contribution >= 0.6 is 0 Å². The first kappa shape index (κ1) is 9.25. The van der Waals surface area contributed by atoms with Crippen LogP contribution in [0, 0.1) is 5.82 Å². The normalized spacial score (nSPS) is 13.3. The van der Waals surface area contributed by atoms with Crippen molar-refractivity contribution in [2.75, 3.05) is 0 Å². The van der Waals surface area contributed by atoms with E-state index in [0.29, 0.717) is 0 Å². The molecule has 0 saturated carbocycles. The molecule has 0 bridgehead atoms. The van der Waals surface area contributed by atoms with Crippen molar-refractivity contribution in [3.63, 3.8) is 0 Å². The highest BCUT2D eigenvalue weighted by molar-refractivity contribution is 7.85. The van der Waals surface area contributed by atoms with Gasteiger partial charge >= 0.3 is 5.76 Å². The topological polar surface area (TPSA) is 17.1 Å². The van der Waals surface area contributed by atoms with E-state index < -0.39 is 22.4 Å². The van der Waals surface area contributed by atoms with Gasteiger partial charge in [-0.3, -0.25) is 0 Å². The van der Waals surface area contributed by atoms with Gasteiger partial charge < -0.3 is 0 Å². The quantitative estimate of drug-likeness (QED) is 0.705. The number of hydrogen-bond donors (Lipinski definition) is 0. The van der Waals surface area contributed by atoms with Gasteiger partial charge in [-0.05, 0) is 18.2 Å². The third kappa shape index (κ3) is 2.07. The molecule has 12 heavy (non-hydrogen) atoms. The van der Waals surface area contributed by atoms with Crippen molar-refractivity contribution < 1.29 is 17.4 Å². The fourth-order valence-corrected chi connectivity index (χ4v) is 1.34. The first-order valence-electron chi connectivity index (χ1n) is 3.05. The lowest BCUT2D eigenvalue weighted by Gasteiger charge is -1.99. The smallest absolute Gasteiger partial charge is 0.248 e. The highest BCUT2D eigenvalue weighted by Gasteiger charge is 2.15. The Morgan fingerprint density at radius 3 is 2.50 bits per heavy atom. The monoisotopic (exact) mass is 194 g/mol. The summed E-state index contributed by atoms with van der Waals surface area (Å²) < 4.78 is 46.7. The van der Waals surface area contributed by atoms with E-state index in [0.717, 1.165) is 12.1 Å². The highest BCUT2D eigenvalue weighted by atomic mass is 32.2. The molecule has 1 nitrogen and oxygen atoms in total. The van der Waals surface area contributed by atoms with Gasteiger partial charge in [-0.1, -0.05) is 6.07 Å². The highest BCUT2D eigenvalue weighted by Crippen LogP contribution is 2.13. The second-order valence-corrected chi connectivity index (χ2v) is 3.44. The van der Waals surface area contributed by atoms with Gasteiger partial charge in [-0.2, -0.15) is 8.78 Å². The van der Waals surface area contributed by atoms with E-state index in [2.05, 4.69) is 0 Å². The molecule has 1 atom stereocenters. The number of rotatable bonds is 2. The number of alkyl halides is 2. The van der Waals surface area contributed by atoms with Crippen LogP contribution in [0.25, 0.3) is 0 Å². The Bertz CT molecular complexity index is 300. The van der Waals surface area contributed by atoms with Gasteiger partial charge in [0.05, 0.1) is 0 Å². The molecule has 1 unspecified atom stereocenters. The summed E-state index contributed by atoms with van der Waals surface area (Å²) in [6, 6.07) is 4.38. The van der Waals surface area contributed by atoms with Gasteiger partial charge in [0.15, 0.2) is 0 Å². The van der Waals surface area contributed by atoms with Gasteiger partial charge in [0.25, 0.3) is 0 Å². The Labute approximate surface area is 69.7 Å². The van der Waals surface area contributed by atoms with Crippen molar-refractivity contribution in [1.29, 1.82) is 0 Å². The van der Waals surface area contributed by atoms with Crippen molar-refractivity contribution in [3.8, 4) is 0 Å². The third-order valence-electron chi connectivity index (χ3n) is 1.19. The minimum atomic E-state index is -2.97. The fourth-order valence-electron chi connectivity index (χ4n) is 0.695. The Kier molecular flexibility index (Phi) is 2.86. The van der Waals surface area contributed by atoms with Crippen LogP contribution in [0.2, 0.25) is 0 Å². The van der Waals surface area contributed by atoms with Crippen LogP contribution in [0.5, 0.6) is 0 Å². The molecule has 1 aromatic carbocycles. The van der Waals surface area contributed by atoms with Gasteiger partial charge in [-0.15, -0.1) is 0 Å². The van der Waals surface area contributed by atoms with Gasteiger partial charge in [-0.25, -0.2) is 8.60 Å². The Hall–Kier alpha value is -0.840. The summed E-state index contributed by atoms with van der Waals surface area (Å²) >= 11 is 0. The molecule has 0 aromatic heterocycles. The second kappa shape index (κ2) is 3.71. The van der Waals surface area contributed by atoms with E-state index in [-0.39, 0.29) is 4.90 Å². The van der Waals surface area contributed by atoms with Crippen LogP contribution in [-0.2, 0) is 10.8 Å². The lowest BCUT2D eigenvalue weighted by molar-refractivity contribution is 0.244. The number of benzene rings is 1. The summed E-state index contributed by atoms with van der Waals surface area (Å²) in [6.07, 6.45) is 0. The molecule has 0 radical (unpaired) electrons. The third-order valence-corrected chi connectivity index (χ3v) is 2.23. The van der Waals surface area contributed by atoms with E-state index in [9.17, 15) is 17.4 Å². The maximum Gasteiger partial charge on any atom is 0.316 e. The van der Waals surface area contributed by atoms with E-state index in [1.807, 2.05) is 0 Å². The van der Waals surface area contributed by atoms with Crippen molar-refractivity contribution in [2.24, 2.45) is 0 Å². The van der Waals surface area contributed by atoms with Gasteiger partial charge in [0.1, 0.15) is 16.6 Å². The lowest BCUT2D eigenvalue weighted by Crippen LogP contribution is -2.02. The molecule has 0 aliphatic rings. The van der Waals surface area contributed by atoms with E-state index in [1.54, 1.807) is 0 Å². The minimum Gasteiger partial charge on any atom is -0.248 e. The minimum absolute atomic E-state index is 0.190. The summed E-state index contributed by atoms with van der Waals surface area (Å²) in [5, 5.41) is 0. The van der Waals surface area contributed by atoms with Crippen molar-refractivity contribution >= 4 is 10.8 Å². The standard InChI is InChI=1S/C7H5F3OS/c8-5-2-1-3-6(4-5)12(11)7(9)10/h1-4,7H. The molecule has 0 saturated heterocycles. The number of hydrogen-bond acceptors (Lipinski definition) is 1. The molecule has 1 aromatic rings. The van der Waals surface area contributed by atoms with Crippen LogP contribution in [0.3, 0.4) is 0 Å². The second-order valence-electron chi connectivity index (χ2n) is 2.02. The predicted octanol–water partition coefficient (Wildman–Crippen LogP) is 2.16. The molecule has 5 heteroatoms. The summed E-state index contributed by atoms with van der Waals surface area (Å²) in [5.74, 6) is -3.63. The SMILES string of the molecule is O=S(c1cccc(F)c1)C(F)F. The Morgan fingerprint density at radius 1 is 1.33 bits per heavy atom. The largest absolute Gasteiger partial charge is 0.316 e. The zero-order valence-electron chi connectivity index (χ0n) is 5.84. The van der Waals surface area contributed by atoms with Gasteiger partial charge in [0, 0.05) is 4.90 Å². The average molecular weight is 194 g/mol. The Balaban J connectivity index is 2.96. The molecule has 66 valence electrons. The van der Waals surface area contributed by atoms with Crippen LogP contribution in [0.15, 0.2) is 29.2 Å². The zero-order chi connectivity index (χ0) is 9.14. The molecule has 1 rings (SSSR count). The summed E-state index contributed by atoms with van der Waals surface area (Å²) in [5.41, 5.74) is 0. The molecular weight excluding hydrogens is 189 g/mol. The molecule has 0 amide bonds. The van der Waals surface area contributed by atoms with Crippen molar-refractivity contribution in [1.82, 2.24) is 0 Å². The van der Waals surface area contributed by atoms with E-state index in [4.69, 9.17) is 0 Å². The molecule has 0 aliphatic heterocycles. The Morgan fingerprint density at radius 2 is 2.00 bits per heavy atom. The summed E-state index contributed by atoms with van der Waals surface area (Å²) in [6.45, 7) is 0. The molecule has 0 N–H and O–H groups in total. The van der Waals surface area contributed by atoms with Crippen molar-refractivity contribution in [2.45, 2.75) is 10.7 Å². The summed E-state index contributed by atoms with van der Waals surface area (Å²) in [7, 11) is -2.42. The van der Waals surface area contributed by atoms with E-state index >= 15 is 0 Å². The molecule has 0 aliphatic carbocycles. The van der Waals surface area contributed by atoms with Crippen molar-refractivity contribution in [3.05, 3.63) is 30.1 Å². The van der Waals surface area contributed by atoms with Crippen LogP contribution in [0.1, 0.15) is 0 Å². The van der Waals surface area contributed by atoms with Crippen LogP contribution < -0.4 is 0 Å². The van der Waals surface area contributed by atoms with Gasteiger partial charge in [0.2, 0.25) is 0 Å². The number of halogens is 3. The average Bonchev–Trinajstić information content (AvgIpc) is 2.03. The lowest BCUT2D eigenvalue weighted by atomic mass is 10.4. The van der Waals surface area contributed by atoms with Crippen LogP contribution in [0.4, 0.5) is 13.2 Å². The maximum absolute atomic E-state index is 12.4. The molecule has 0 fully saturated rings.